The first-order valence-electron chi connectivity index (χ1n) is 14.2. The van der Waals surface area contributed by atoms with Gasteiger partial charge >= 0.3 is 0 Å². The summed E-state index contributed by atoms with van der Waals surface area (Å²) >= 11 is 0. The molecule has 0 fully saturated rings. The van der Waals surface area contributed by atoms with E-state index in [1.54, 1.807) is 30.3 Å². The summed E-state index contributed by atoms with van der Waals surface area (Å²) in [6.07, 6.45) is 14.2. The Bertz CT molecular complexity index is 1020. The standard InChI is InChI=1S/C31H44N2O4/c1-2-3-4-5-6-7-8-9-10-11-15-23(34)22-32-20-14-21-33-26-18-19-27(35)29-28(26)30(36)24-16-12-13-17-25(24)31(29)37/h12-13,16-19,23,32-35H,2-11,14-15,20-22H2,1H3. The van der Waals surface area contributed by atoms with Crippen LogP contribution in [0, 0.1) is 0 Å². The lowest BCUT2D eigenvalue weighted by Crippen LogP contribution is -2.28. The Morgan fingerprint density at radius 3 is 1.97 bits per heavy atom. The van der Waals surface area contributed by atoms with Gasteiger partial charge in [0, 0.05) is 29.9 Å². The van der Waals surface area contributed by atoms with E-state index in [2.05, 4.69) is 17.6 Å². The van der Waals surface area contributed by atoms with E-state index in [1.165, 1.54) is 63.9 Å². The first kappa shape index (κ1) is 28.9. The number of phenolic OH excluding ortho intramolecular Hbond substituents is 1. The number of carbonyl (C=O) groups excluding carboxylic acids is 2. The Morgan fingerprint density at radius 2 is 1.32 bits per heavy atom. The van der Waals surface area contributed by atoms with E-state index < -0.39 is 0 Å². The summed E-state index contributed by atoms with van der Waals surface area (Å²) in [7, 11) is 0. The number of fused-ring (bicyclic) bond motifs is 2. The number of phenols is 1. The lowest BCUT2D eigenvalue weighted by Gasteiger charge is -2.21. The largest absolute Gasteiger partial charge is 0.507 e. The van der Waals surface area contributed by atoms with Gasteiger partial charge in [0.15, 0.2) is 11.6 Å². The average Bonchev–Trinajstić information content (AvgIpc) is 2.90. The van der Waals surface area contributed by atoms with Gasteiger partial charge in [-0.2, -0.15) is 0 Å². The van der Waals surface area contributed by atoms with Crippen molar-refractivity contribution >= 4 is 17.3 Å². The normalized spacial score (nSPS) is 13.4. The molecule has 4 N–H and O–H groups in total. The van der Waals surface area contributed by atoms with Crippen LogP contribution in [0.5, 0.6) is 5.75 Å². The van der Waals surface area contributed by atoms with Crippen LogP contribution in [0.3, 0.4) is 0 Å². The average molecular weight is 509 g/mol. The van der Waals surface area contributed by atoms with Crippen LogP contribution in [0.25, 0.3) is 0 Å². The molecular weight excluding hydrogens is 464 g/mol. The van der Waals surface area contributed by atoms with Gasteiger partial charge in [0.2, 0.25) is 0 Å². The zero-order chi connectivity index (χ0) is 26.5. The molecule has 1 aliphatic carbocycles. The van der Waals surface area contributed by atoms with Gasteiger partial charge in [-0.05, 0) is 31.5 Å². The van der Waals surface area contributed by atoms with Crippen molar-refractivity contribution in [3.8, 4) is 5.75 Å². The minimum Gasteiger partial charge on any atom is -0.507 e. The van der Waals surface area contributed by atoms with Crippen LogP contribution in [-0.2, 0) is 0 Å². The molecule has 0 heterocycles. The fourth-order valence-corrected chi connectivity index (χ4v) is 5.03. The van der Waals surface area contributed by atoms with Gasteiger partial charge in [0.25, 0.3) is 0 Å². The molecule has 37 heavy (non-hydrogen) atoms. The number of rotatable bonds is 18. The minimum atomic E-state index is -0.329. The van der Waals surface area contributed by atoms with Gasteiger partial charge in [0.1, 0.15) is 5.75 Å². The second-order valence-corrected chi connectivity index (χ2v) is 10.2. The van der Waals surface area contributed by atoms with Crippen molar-refractivity contribution in [2.24, 2.45) is 0 Å². The molecule has 0 aromatic heterocycles. The second kappa shape index (κ2) is 15.5. The monoisotopic (exact) mass is 508 g/mol. The van der Waals surface area contributed by atoms with Gasteiger partial charge in [-0.1, -0.05) is 95.4 Å². The summed E-state index contributed by atoms with van der Waals surface area (Å²) in [6, 6.07) is 9.84. The number of ketones is 2. The summed E-state index contributed by atoms with van der Waals surface area (Å²) < 4.78 is 0. The number of benzene rings is 2. The molecule has 1 aliphatic rings. The Kier molecular flexibility index (Phi) is 12.1. The van der Waals surface area contributed by atoms with Crippen molar-refractivity contribution in [2.75, 3.05) is 25.0 Å². The summed E-state index contributed by atoms with van der Waals surface area (Å²) in [5.41, 5.74) is 1.56. The number of nitrogens with one attached hydrogen (secondary N) is 2. The number of unbranched alkanes of at least 4 members (excludes halogenated alkanes) is 9. The first-order valence-corrected chi connectivity index (χ1v) is 14.2. The number of hydrogen-bond acceptors (Lipinski definition) is 6. The zero-order valence-corrected chi connectivity index (χ0v) is 22.4. The first-order chi connectivity index (χ1) is 18.0. The van der Waals surface area contributed by atoms with Crippen LogP contribution in [-0.4, -0.2) is 47.5 Å². The Labute approximate surface area is 221 Å². The van der Waals surface area contributed by atoms with Gasteiger partial charge < -0.3 is 20.8 Å². The maximum absolute atomic E-state index is 13.1. The predicted octanol–water partition coefficient (Wildman–Crippen LogP) is 6.23. The molecule has 0 bridgehead atoms. The van der Waals surface area contributed by atoms with E-state index >= 15 is 0 Å². The SMILES string of the molecule is CCCCCCCCCCCCC(O)CNCCCNc1ccc(O)c2c1C(=O)c1ccccc1C2=O. The van der Waals surface area contributed by atoms with E-state index in [4.69, 9.17) is 0 Å². The molecule has 2 aromatic carbocycles. The van der Waals surface area contributed by atoms with Crippen molar-refractivity contribution in [3.05, 3.63) is 58.7 Å². The fraction of sp³-hybridized carbons (Fsp3) is 0.548. The van der Waals surface area contributed by atoms with Crippen LogP contribution in [0.4, 0.5) is 5.69 Å². The topological polar surface area (TPSA) is 98.7 Å². The van der Waals surface area contributed by atoms with Gasteiger partial charge in [-0.3, -0.25) is 9.59 Å². The second-order valence-electron chi connectivity index (χ2n) is 10.2. The number of carbonyl (C=O) groups is 2. The van der Waals surface area contributed by atoms with E-state index in [1.807, 2.05) is 0 Å². The van der Waals surface area contributed by atoms with Crippen molar-refractivity contribution in [2.45, 2.75) is 90.1 Å². The molecule has 0 saturated carbocycles. The molecular formula is C31H44N2O4. The molecule has 1 atom stereocenters. The predicted molar refractivity (Wildman–Crippen MR) is 150 cm³/mol. The highest BCUT2D eigenvalue weighted by molar-refractivity contribution is 6.31. The van der Waals surface area contributed by atoms with Crippen LogP contribution in [0.2, 0.25) is 0 Å². The smallest absolute Gasteiger partial charge is 0.198 e. The zero-order valence-electron chi connectivity index (χ0n) is 22.4. The van der Waals surface area contributed by atoms with Gasteiger partial charge in [-0.25, -0.2) is 0 Å². The highest BCUT2D eigenvalue weighted by Crippen LogP contribution is 2.36. The van der Waals surface area contributed by atoms with Crippen molar-refractivity contribution in [1.82, 2.24) is 5.32 Å². The van der Waals surface area contributed by atoms with E-state index in [-0.39, 0.29) is 34.5 Å². The summed E-state index contributed by atoms with van der Waals surface area (Å²) in [5, 5.41) is 27.1. The third-order valence-corrected chi connectivity index (χ3v) is 7.17. The Morgan fingerprint density at radius 1 is 0.730 bits per heavy atom. The molecule has 0 spiro atoms. The van der Waals surface area contributed by atoms with Crippen molar-refractivity contribution in [3.63, 3.8) is 0 Å². The molecule has 0 saturated heterocycles. The van der Waals surface area contributed by atoms with Crippen LogP contribution >= 0.6 is 0 Å². The third kappa shape index (κ3) is 8.41. The van der Waals surface area contributed by atoms with E-state index in [9.17, 15) is 19.8 Å². The number of hydrogen-bond donors (Lipinski definition) is 4. The van der Waals surface area contributed by atoms with Crippen LogP contribution in [0.15, 0.2) is 36.4 Å². The Hall–Kier alpha value is -2.70. The molecule has 0 amide bonds. The van der Waals surface area contributed by atoms with E-state index in [0.29, 0.717) is 29.9 Å². The summed E-state index contributed by atoms with van der Waals surface area (Å²) in [5.74, 6) is -0.757. The number of anilines is 1. The molecule has 3 rings (SSSR count). The molecule has 6 nitrogen and oxygen atoms in total. The highest BCUT2D eigenvalue weighted by Gasteiger charge is 2.33. The molecule has 0 radical (unpaired) electrons. The van der Waals surface area contributed by atoms with Gasteiger partial charge in [-0.15, -0.1) is 0 Å². The van der Waals surface area contributed by atoms with Gasteiger partial charge in [0.05, 0.1) is 17.2 Å². The van der Waals surface area contributed by atoms with Crippen LogP contribution < -0.4 is 10.6 Å². The molecule has 2 aromatic rings. The van der Waals surface area contributed by atoms with Crippen molar-refractivity contribution in [1.29, 1.82) is 0 Å². The van der Waals surface area contributed by atoms with Crippen molar-refractivity contribution < 1.29 is 19.8 Å². The molecule has 0 aliphatic heterocycles. The van der Waals surface area contributed by atoms with Crippen LogP contribution in [0.1, 0.15) is 116 Å². The Balaban J connectivity index is 1.31. The minimum absolute atomic E-state index is 0.0712. The lowest BCUT2D eigenvalue weighted by molar-refractivity contribution is 0.0977. The molecule has 6 heteroatoms. The summed E-state index contributed by atoms with van der Waals surface area (Å²) in [4.78, 5) is 26.0. The summed E-state index contributed by atoms with van der Waals surface area (Å²) in [6.45, 7) is 4.16. The number of aliphatic hydroxyl groups excluding tert-OH is 1. The molecule has 202 valence electrons. The molecule has 1 unspecified atom stereocenters. The maximum Gasteiger partial charge on any atom is 0.198 e. The fourth-order valence-electron chi connectivity index (χ4n) is 5.03. The quantitative estimate of drug-likeness (QED) is 0.120. The number of aromatic hydroxyl groups is 1. The van der Waals surface area contributed by atoms with E-state index in [0.717, 1.165) is 25.8 Å². The maximum atomic E-state index is 13.1. The third-order valence-electron chi connectivity index (χ3n) is 7.17. The highest BCUT2D eigenvalue weighted by atomic mass is 16.3. The number of aliphatic hydroxyl groups is 1. The lowest BCUT2D eigenvalue weighted by atomic mass is 9.82.